The molecule has 2 aromatic rings. The van der Waals surface area contributed by atoms with Crippen LogP contribution in [-0.4, -0.2) is 22.0 Å². The van der Waals surface area contributed by atoms with Crippen molar-refractivity contribution >= 4 is 0 Å². The highest BCUT2D eigenvalue weighted by Crippen LogP contribution is 2.26. The first kappa shape index (κ1) is 13.5. The third-order valence-electron chi connectivity index (χ3n) is 3.15. The van der Waals surface area contributed by atoms with Crippen LogP contribution < -0.4 is 4.74 Å². The van der Waals surface area contributed by atoms with Gasteiger partial charge in [0.2, 0.25) is 5.88 Å². The highest BCUT2D eigenvalue weighted by atomic mass is 16.5. The molecule has 0 radical (unpaired) electrons. The van der Waals surface area contributed by atoms with E-state index in [0.717, 1.165) is 29.1 Å². The molecule has 0 saturated carbocycles. The summed E-state index contributed by atoms with van der Waals surface area (Å²) in [6.45, 7) is 6.24. The zero-order chi connectivity index (χ0) is 14.0. The lowest BCUT2D eigenvalue weighted by molar-refractivity contribution is 0.414. The summed E-state index contributed by atoms with van der Waals surface area (Å²) in [5.74, 6) is 1.42. The molecule has 1 aromatic heterocycles. The molecule has 0 aliphatic rings. The Morgan fingerprint density at radius 2 is 1.89 bits per heavy atom. The lowest BCUT2D eigenvalue weighted by Crippen LogP contribution is -2.01. The van der Waals surface area contributed by atoms with Crippen molar-refractivity contribution in [3.63, 3.8) is 0 Å². The number of methoxy groups -OCH3 is 1. The normalized spacial score (nSPS) is 11.0. The highest BCUT2D eigenvalue weighted by molar-refractivity contribution is 5.41. The fourth-order valence-electron chi connectivity index (χ4n) is 2.14. The molecule has 1 heterocycles. The molecule has 0 aliphatic carbocycles. The van der Waals surface area contributed by atoms with E-state index < -0.39 is 0 Å². The minimum atomic E-state index is 0.127. The summed E-state index contributed by atoms with van der Waals surface area (Å²) >= 11 is 0. The Bertz CT molecular complexity index is 556. The highest BCUT2D eigenvalue weighted by Gasteiger charge is 2.15. The van der Waals surface area contributed by atoms with Crippen LogP contribution in [0.3, 0.4) is 0 Å². The number of rotatable bonds is 4. The molecule has 2 rings (SSSR count). The van der Waals surface area contributed by atoms with Gasteiger partial charge in [-0.3, -0.25) is 0 Å². The van der Waals surface area contributed by atoms with Gasteiger partial charge in [0, 0.05) is 11.3 Å². The average Bonchev–Trinajstić information content (AvgIpc) is 2.66. The van der Waals surface area contributed by atoms with Crippen molar-refractivity contribution in [2.75, 3.05) is 7.11 Å². The van der Waals surface area contributed by atoms with Gasteiger partial charge >= 0.3 is 0 Å². The second kappa shape index (κ2) is 5.34. The maximum absolute atomic E-state index is 9.97. The van der Waals surface area contributed by atoms with E-state index in [1.54, 1.807) is 11.8 Å². The molecule has 4 nitrogen and oxygen atoms in total. The minimum absolute atomic E-state index is 0.127. The molecule has 19 heavy (non-hydrogen) atoms. The Morgan fingerprint density at radius 3 is 2.42 bits per heavy atom. The fourth-order valence-corrected chi connectivity index (χ4v) is 2.14. The van der Waals surface area contributed by atoms with Gasteiger partial charge in [-0.25, -0.2) is 4.68 Å². The van der Waals surface area contributed by atoms with Crippen molar-refractivity contribution < 1.29 is 9.84 Å². The molecule has 0 spiro atoms. The molecule has 0 aliphatic heterocycles. The van der Waals surface area contributed by atoms with Gasteiger partial charge in [-0.15, -0.1) is 5.10 Å². The largest absolute Gasteiger partial charge is 0.497 e. The van der Waals surface area contributed by atoms with Crippen LogP contribution in [0.2, 0.25) is 0 Å². The van der Waals surface area contributed by atoms with Crippen LogP contribution in [0.1, 0.15) is 25.1 Å². The van der Waals surface area contributed by atoms with Crippen molar-refractivity contribution in [3.05, 3.63) is 35.5 Å². The third-order valence-corrected chi connectivity index (χ3v) is 3.15. The van der Waals surface area contributed by atoms with Crippen LogP contribution in [-0.2, 0) is 6.42 Å². The summed E-state index contributed by atoms with van der Waals surface area (Å²) in [5.41, 5.74) is 2.82. The van der Waals surface area contributed by atoms with E-state index in [1.807, 2.05) is 31.2 Å². The lowest BCUT2D eigenvalue weighted by atomic mass is 10.0. The summed E-state index contributed by atoms with van der Waals surface area (Å²) in [6, 6.07) is 7.63. The first-order chi connectivity index (χ1) is 9.02. The van der Waals surface area contributed by atoms with Crippen molar-refractivity contribution in [1.29, 1.82) is 0 Å². The van der Waals surface area contributed by atoms with E-state index in [1.165, 1.54) is 0 Å². The summed E-state index contributed by atoms with van der Waals surface area (Å²) in [7, 11) is 1.64. The van der Waals surface area contributed by atoms with E-state index in [2.05, 4.69) is 18.9 Å². The molecule has 102 valence electrons. The van der Waals surface area contributed by atoms with Gasteiger partial charge < -0.3 is 9.84 Å². The SMILES string of the molecule is COc1ccc(-n2nc(O)c(CC(C)C)c2C)cc1. The number of ether oxygens (including phenoxy) is 1. The zero-order valence-corrected chi connectivity index (χ0v) is 11.8. The minimum Gasteiger partial charge on any atom is -0.497 e. The van der Waals surface area contributed by atoms with Gasteiger partial charge in [0.1, 0.15) is 5.75 Å². The molecule has 1 aromatic carbocycles. The van der Waals surface area contributed by atoms with Crippen molar-refractivity contribution in [2.45, 2.75) is 27.2 Å². The molecule has 4 heteroatoms. The topological polar surface area (TPSA) is 47.3 Å². The van der Waals surface area contributed by atoms with Crippen LogP contribution in [0.15, 0.2) is 24.3 Å². The molecule has 0 saturated heterocycles. The van der Waals surface area contributed by atoms with Gasteiger partial charge in [-0.2, -0.15) is 0 Å². The molecular formula is C15H20N2O2. The number of hydrogen-bond acceptors (Lipinski definition) is 3. The predicted molar refractivity (Wildman–Crippen MR) is 75.1 cm³/mol. The van der Waals surface area contributed by atoms with E-state index >= 15 is 0 Å². The summed E-state index contributed by atoms with van der Waals surface area (Å²) in [6.07, 6.45) is 0.827. The quantitative estimate of drug-likeness (QED) is 0.919. The van der Waals surface area contributed by atoms with Gasteiger partial charge in [0.25, 0.3) is 0 Å². The van der Waals surface area contributed by atoms with Gasteiger partial charge in [0.15, 0.2) is 0 Å². The van der Waals surface area contributed by atoms with Crippen molar-refractivity contribution in [3.8, 4) is 17.3 Å². The number of aromatic hydroxyl groups is 1. The fraction of sp³-hybridized carbons (Fsp3) is 0.400. The van der Waals surface area contributed by atoms with Crippen LogP contribution in [0.5, 0.6) is 11.6 Å². The van der Waals surface area contributed by atoms with E-state index in [0.29, 0.717) is 5.92 Å². The average molecular weight is 260 g/mol. The molecule has 0 bridgehead atoms. The van der Waals surface area contributed by atoms with E-state index in [4.69, 9.17) is 4.74 Å². The number of benzene rings is 1. The van der Waals surface area contributed by atoms with E-state index in [-0.39, 0.29) is 5.88 Å². The van der Waals surface area contributed by atoms with Crippen LogP contribution in [0, 0.1) is 12.8 Å². The summed E-state index contributed by atoms with van der Waals surface area (Å²) < 4.78 is 6.91. The molecular weight excluding hydrogens is 240 g/mol. The Kier molecular flexibility index (Phi) is 3.79. The Labute approximate surface area is 113 Å². The molecule has 0 unspecified atom stereocenters. The van der Waals surface area contributed by atoms with Crippen LogP contribution >= 0.6 is 0 Å². The zero-order valence-electron chi connectivity index (χ0n) is 11.8. The lowest BCUT2D eigenvalue weighted by Gasteiger charge is -2.07. The predicted octanol–water partition coefficient (Wildman–Crippen LogP) is 3.09. The Balaban J connectivity index is 2.39. The smallest absolute Gasteiger partial charge is 0.234 e. The van der Waals surface area contributed by atoms with Crippen LogP contribution in [0.4, 0.5) is 0 Å². The summed E-state index contributed by atoms with van der Waals surface area (Å²) in [5, 5.41) is 14.2. The maximum atomic E-state index is 9.97. The standard InChI is InChI=1S/C15H20N2O2/c1-10(2)9-14-11(3)17(16-15(14)18)12-5-7-13(19-4)8-6-12/h5-8,10H,9H2,1-4H3,(H,16,18). The van der Waals surface area contributed by atoms with Crippen molar-refractivity contribution in [2.24, 2.45) is 5.92 Å². The maximum Gasteiger partial charge on any atom is 0.234 e. The monoisotopic (exact) mass is 260 g/mol. The van der Waals surface area contributed by atoms with Crippen LogP contribution in [0.25, 0.3) is 5.69 Å². The molecule has 1 N–H and O–H groups in total. The Morgan fingerprint density at radius 1 is 1.26 bits per heavy atom. The van der Waals surface area contributed by atoms with Gasteiger partial charge in [-0.05, 0) is 43.5 Å². The van der Waals surface area contributed by atoms with Gasteiger partial charge in [0.05, 0.1) is 12.8 Å². The third kappa shape index (κ3) is 2.72. The second-order valence-electron chi connectivity index (χ2n) is 5.10. The molecule has 0 atom stereocenters. The van der Waals surface area contributed by atoms with Crippen molar-refractivity contribution in [1.82, 2.24) is 9.78 Å². The molecule has 0 fully saturated rings. The summed E-state index contributed by atoms with van der Waals surface area (Å²) in [4.78, 5) is 0. The molecule has 0 amide bonds. The first-order valence-electron chi connectivity index (χ1n) is 6.44. The second-order valence-corrected chi connectivity index (χ2v) is 5.10. The number of aromatic nitrogens is 2. The number of hydrogen-bond donors (Lipinski definition) is 1. The van der Waals surface area contributed by atoms with Gasteiger partial charge in [-0.1, -0.05) is 13.8 Å². The Hall–Kier alpha value is -1.97. The first-order valence-corrected chi connectivity index (χ1v) is 6.44. The number of nitrogens with zero attached hydrogens (tertiary/aromatic N) is 2. The van der Waals surface area contributed by atoms with E-state index in [9.17, 15) is 5.11 Å².